The molecular formula is C22H21FN6O2S. The highest BCUT2D eigenvalue weighted by Gasteiger charge is 2.29. The molecular weight excluding hydrogens is 431 g/mol. The van der Waals surface area contributed by atoms with Crippen LogP contribution >= 0.6 is 11.8 Å². The summed E-state index contributed by atoms with van der Waals surface area (Å²) in [5.74, 6) is -0.536. The lowest BCUT2D eigenvalue weighted by Crippen LogP contribution is -2.30. The number of nitrogens with one attached hydrogen (secondary N) is 1. The Morgan fingerprint density at radius 3 is 2.88 bits per heavy atom. The van der Waals surface area contributed by atoms with Gasteiger partial charge >= 0.3 is 0 Å². The average Bonchev–Trinajstić information content (AvgIpc) is 3.13. The number of rotatable bonds is 7. The monoisotopic (exact) mass is 452 g/mol. The van der Waals surface area contributed by atoms with Crippen LogP contribution in [0.1, 0.15) is 23.1 Å². The van der Waals surface area contributed by atoms with Crippen molar-refractivity contribution in [2.75, 3.05) is 6.54 Å². The standard InChI is InChI=1S/C22H21FN6O2S/c1-13(19-25-17-10-6-4-8-15(17)21(31)26-19)32-22-28-27-18(29(22)2)11-12-24-20(30)14-7-3-5-9-16(14)23/h3-10,13,15H,11-12H2,1-2H3,(H,24,30). The molecule has 1 aromatic heterocycles. The molecule has 1 aromatic carbocycles. The molecule has 2 heterocycles. The minimum atomic E-state index is -0.560. The van der Waals surface area contributed by atoms with Crippen molar-refractivity contribution < 1.29 is 14.0 Å². The first-order valence-corrected chi connectivity index (χ1v) is 11.0. The maximum atomic E-state index is 13.7. The zero-order valence-electron chi connectivity index (χ0n) is 17.5. The van der Waals surface area contributed by atoms with Crippen LogP contribution in [0.5, 0.6) is 0 Å². The number of hydrogen-bond donors (Lipinski definition) is 1. The molecule has 0 bridgehead atoms. The summed E-state index contributed by atoms with van der Waals surface area (Å²) in [6, 6.07) is 5.83. The Labute approximate surface area is 188 Å². The van der Waals surface area contributed by atoms with E-state index in [1.807, 2.05) is 36.8 Å². The van der Waals surface area contributed by atoms with Gasteiger partial charge in [0.25, 0.3) is 11.8 Å². The number of carbonyl (C=O) groups excluding carboxylic acids is 2. The molecule has 4 rings (SSSR count). The number of fused-ring (bicyclic) bond motifs is 1. The highest BCUT2D eigenvalue weighted by molar-refractivity contribution is 8.00. The quantitative estimate of drug-likeness (QED) is 0.651. The molecule has 1 aliphatic carbocycles. The molecule has 0 fully saturated rings. The summed E-state index contributed by atoms with van der Waals surface area (Å²) in [6.07, 6.45) is 7.71. The third-order valence-corrected chi connectivity index (χ3v) is 6.19. The van der Waals surface area contributed by atoms with Crippen LogP contribution < -0.4 is 5.32 Å². The molecule has 0 saturated heterocycles. The molecule has 2 unspecified atom stereocenters. The van der Waals surface area contributed by atoms with Crippen LogP contribution in [0.3, 0.4) is 0 Å². The lowest BCUT2D eigenvalue weighted by molar-refractivity contribution is -0.118. The van der Waals surface area contributed by atoms with Crippen molar-refractivity contribution in [1.29, 1.82) is 0 Å². The normalized spacial score (nSPS) is 18.1. The molecule has 0 spiro atoms. The van der Waals surface area contributed by atoms with Crippen LogP contribution in [0.2, 0.25) is 0 Å². The number of amidine groups is 1. The average molecular weight is 453 g/mol. The highest BCUT2D eigenvalue weighted by Crippen LogP contribution is 2.26. The Hall–Kier alpha value is -3.40. The second-order valence-corrected chi connectivity index (χ2v) is 8.58. The summed E-state index contributed by atoms with van der Waals surface area (Å²) < 4.78 is 15.5. The van der Waals surface area contributed by atoms with Crippen LogP contribution in [0.4, 0.5) is 4.39 Å². The Kier molecular flexibility index (Phi) is 6.40. The topological polar surface area (TPSA) is 102 Å². The summed E-state index contributed by atoms with van der Waals surface area (Å²) in [7, 11) is 1.83. The number of benzene rings is 1. The van der Waals surface area contributed by atoms with E-state index in [4.69, 9.17) is 0 Å². The summed E-state index contributed by atoms with van der Waals surface area (Å²) in [4.78, 5) is 33.1. The van der Waals surface area contributed by atoms with Crippen molar-refractivity contribution in [3.63, 3.8) is 0 Å². The molecule has 2 aromatic rings. The maximum absolute atomic E-state index is 13.7. The van der Waals surface area contributed by atoms with Crippen molar-refractivity contribution in [3.8, 4) is 0 Å². The Morgan fingerprint density at radius 1 is 1.25 bits per heavy atom. The fraction of sp³-hybridized carbons (Fsp3) is 0.273. The largest absolute Gasteiger partial charge is 0.351 e. The molecule has 164 valence electrons. The molecule has 0 radical (unpaired) electrons. The van der Waals surface area contributed by atoms with Crippen molar-refractivity contribution in [2.24, 2.45) is 23.0 Å². The smallest absolute Gasteiger partial charge is 0.260 e. The first-order valence-electron chi connectivity index (χ1n) is 10.1. The van der Waals surface area contributed by atoms with Gasteiger partial charge in [0.1, 0.15) is 23.4 Å². The highest BCUT2D eigenvalue weighted by atomic mass is 32.2. The Balaban J connectivity index is 1.36. The van der Waals surface area contributed by atoms with Crippen LogP contribution in [0, 0.1) is 11.7 Å². The van der Waals surface area contributed by atoms with Gasteiger partial charge < -0.3 is 9.88 Å². The number of hydrogen-bond acceptors (Lipinski definition) is 6. The van der Waals surface area contributed by atoms with Crippen molar-refractivity contribution >= 4 is 35.1 Å². The van der Waals surface area contributed by atoms with E-state index in [2.05, 4.69) is 25.5 Å². The van der Waals surface area contributed by atoms with Crippen LogP contribution in [-0.4, -0.2) is 49.9 Å². The number of aliphatic imine (C=N–C) groups is 2. The SMILES string of the molecule is CC(Sc1nnc(CCNC(=O)c2ccccc2F)n1C)C1=NC(=O)C2C=CC=CC2=N1. The number of nitrogens with zero attached hydrogens (tertiary/aromatic N) is 5. The molecule has 10 heteroatoms. The minimum absolute atomic E-state index is 0.00509. The second-order valence-electron chi connectivity index (χ2n) is 7.27. The molecule has 0 saturated carbocycles. The first-order chi connectivity index (χ1) is 15.4. The van der Waals surface area contributed by atoms with E-state index in [0.29, 0.717) is 28.9 Å². The van der Waals surface area contributed by atoms with Gasteiger partial charge in [0.05, 0.1) is 16.5 Å². The molecule has 2 atom stereocenters. The van der Waals surface area contributed by atoms with E-state index in [9.17, 15) is 14.0 Å². The summed E-state index contributed by atoms with van der Waals surface area (Å²) in [5, 5.41) is 11.5. The number of aromatic nitrogens is 3. The summed E-state index contributed by atoms with van der Waals surface area (Å²) in [5.41, 5.74) is 0.699. The zero-order valence-corrected chi connectivity index (χ0v) is 18.3. The molecule has 32 heavy (non-hydrogen) atoms. The summed E-state index contributed by atoms with van der Waals surface area (Å²) in [6.45, 7) is 2.20. The molecule has 1 N–H and O–H groups in total. The molecule has 1 aliphatic heterocycles. The fourth-order valence-electron chi connectivity index (χ4n) is 3.27. The van der Waals surface area contributed by atoms with Crippen molar-refractivity contribution in [2.45, 2.75) is 23.8 Å². The van der Waals surface area contributed by atoms with Gasteiger partial charge in [-0.15, -0.1) is 10.2 Å². The van der Waals surface area contributed by atoms with Crippen LogP contribution in [-0.2, 0) is 18.3 Å². The van der Waals surface area contributed by atoms with Crippen LogP contribution in [0.25, 0.3) is 0 Å². The minimum Gasteiger partial charge on any atom is -0.351 e. The molecule has 2 amide bonds. The van der Waals surface area contributed by atoms with E-state index in [1.54, 1.807) is 12.1 Å². The zero-order chi connectivity index (χ0) is 22.7. The number of allylic oxidation sites excluding steroid dienone is 3. The molecule has 2 aliphatic rings. The second kappa shape index (κ2) is 9.39. The van der Waals surface area contributed by atoms with E-state index in [1.165, 1.54) is 30.0 Å². The lowest BCUT2D eigenvalue weighted by atomic mass is 9.96. The van der Waals surface area contributed by atoms with E-state index < -0.39 is 17.6 Å². The third-order valence-electron chi connectivity index (χ3n) is 5.06. The van der Waals surface area contributed by atoms with Gasteiger partial charge in [-0.25, -0.2) is 9.38 Å². The van der Waals surface area contributed by atoms with E-state index >= 15 is 0 Å². The predicted octanol–water partition coefficient (Wildman–Crippen LogP) is 2.53. The predicted molar refractivity (Wildman–Crippen MR) is 120 cm³/mol. The van der Waals surface area contributed by atoms with Gasteiger partial charge in [-0.2, -0.15) is 4.99 Å². The van der Waals surface area contributed by atoms with E-state index in [-0.39, 0.29) is 23.3 Å². The number of amides is 2. The van der Waals surface area contributed by atoms with Crippen molar-refractivity contribution in [1.82, 2.24) is 20.1 Å². The van der Waals surface area contributed by atoms with Gasteiger partial charge in [0, 0.05) is 20.0 Å². The number of halogens is 1. The lowest BCUT2D eigenvalue weighted by Gasteiger charge is -2.20. The Morgan fingerprint density at radius 2 is 2.06 bits per heavy atom. The first kappa shape index (κ1) is 21.8. The van der Waals surface area contributed by atoms with Gasteiger partial charge in [0.15, 0.2) is 5.16 Å². The number of thioether (sulfide) groups is 1. The summed E-state index contributed by atoms with van der Waals surface area (Å²) >= 11 is 1.40. The van der Waals surface area contributed by atoms with Gasteiger partial charge in [-0.05, 0) is 25.1 Å². The third kappa shape index (κ3) is 4.59. The van der Waals surface area contributed by atoms with Crippen molar-refractivity contribution in [3.05, 3.63) is 65.8 Å². The van der Waals surface area contributed by atoms with Gasteiger partial charge in [-0.1, -0.05) is 42.1 Å². The fourth-order valence-corrected chi connectivity index (χ4v) is 4.15. The number of carbonyl (C=O) groups is 2. The Bertz CT molecular complexity index is 1180. The van der Waals surface area contributed by atoms with Gasteiger partial charge in [0.2, 0.25) is 0 Å². The van der Waals surface area contributed by atoms with Crippen LogP contribution in [0.15, 0.2) is 63.7 Å². The maximum Gasteiger partial charge on any atom is 0.260 e. The molecule has 8 nitrogen and oxygen atoms in total. The van der Waals surface area contributed by atoms with Gasteiger partial charge in [-0.3, -0.25) is 9.59 Å². The van der Waals surface area contributed by atoms with E-state index in [0.717, 1.165) is 0 Å².